The number of alkyl halides is 3. The van der Waals surface area contributed by atoms with E-state index in [0.29, 0.717) is 0 Å². The number of carbonyl (C=O) groups excluding carboxylic acids is 1. The number of amides is 1. The smallest absolute Gasteiger partial charge is 0.504 e. The average Bonchev–Trinajstić information content (AvgIpc) is 2.38. The Morgan fingerprint density at radius 3 is 2.32 bits per heavy atom. The molecule has 0 aliphatic heterocycles. The van der Waals surface area contributed by atoms with Gasteiger partial charge in [-0.25, -0.2) is 9.59 Å². The van der Waals surface area contributed by atoms with Gasteiger partial charge in [0.15, 0.2) is 11.5 Å². The van der Waals surface area contributed by atoms with Gasteiger partial charge in [0.05, 0.1) is 0 Å². The summed E-state index contributed by atoms with van der Waals surface area (Å²) in [5.74, 6) is -3.18. The zero-order valence-electron chi connectivity index (χ0n) is 13.7. The van der Waals surface area contributed by atoms with Gasteiger partial charge in [-0.05, 0) is 26.8 Å². The van der Waals surface area contributed by atoms with Crippen LogP contribution in [0.25, 0.3) is 0 Å². The van der Waals surface area contributed by atoms with Crippen molar-refractivity contribution in [2.45, 2.75) is 45.2 Å². The van der Waals surface area contributed by atoms with Gasteiger partial charge >= 0.3 is 18.4 Å². The summed E-state index contributed by atoms with van der Waals surface area (Å²) in [5, 5.41) is 21.1. The largest absolute Gasteiger partial charge is 0.573 e. The van der Waals surface area contributed by atoms with Gasteiger partial charge in [0.1, 0.15) is 11.6 Å². The summed E-state index contributed by atoms with van der Waals surface area (Å²) in [5.41, 5.74) is -1.01. The Labute approximate surface area is 141 Å². The summed E-state index contributed by atoms with van der Waals surface area (Å²) in [7, 11) is 0. The summed E-state index contributed by atoms with van der Waals surface area (Å²) in [6.07, 6.45) is -6.51. The van der Waals surface area contributed by atoms with Crippen LogP contribution >= 0.6 is 0 Å². The third-order valence-electron chi connectivity index (χ3n) is 2.72. The summed E-state index contributed by atoms with van der Waals surface area (Å²) >= 11 is 0. The van der Waals surface area contributed by atoms with E-state index in [9.17, 15) is 27.9 Å². The van der Waals surface area contributed by atoms with Crippen molar-refractivity contribution < 1.29 is 42.4 Å². The molecule has 0 saturated carbocycles. The molecule has 7 nitrogen and oxygen atoms in total. The van der Waals surface area contributed by atoms with Crippen molar-refractivity contribution in [3.8, 4) is 11.5 Å². The molecule has 0 aliphatic rings. The van der Waals surface area contributed by atoms with E-state index in [1.165, 1.54) is 6.07 Å². The number of aliphatic carboxylic acids is 1. The highest BCUT2D eigenvalue weighted by Crippen LogP contribution is 2.34. The lowest BCUT2D eigenvalue weighted by molar-refractivity contribution is -0.275. The number of halogens is 3. The molecule has 0 aliphatic carbocycles. The number of ether oxygens (including phenoxy) is 2. The summed E-state index contributed by atoms with van der Waals surface area (Å²) in [6.45, 7) is 4.73. The molecule has 0 saturated heterocycles. The number of carboxylic acid groups (broad SMARTS) is 1. The molecular formula is C15H18F3NO6. The van der Waals surface area contributed by atoms with Crippen molar-refractivity contribution in [1.29, 1.82) is 0 Å². The van der Waals surface area contributed by atoms with Crippen molar-refractivity contribution in [3.05, 3.63) is 23.8 Å². The number of phenols is 1. The first-order valence-corrected chi connectivity index (χ1v) is 7.07. The molecule has 1 rings (SSSR count). The van der Waals surface area contributed by atoms with Crippen molar-refractivity contribution in [2.24, 2.45) is 0 Å². The van der Waals surface area contributed by atoms with E-state index in [0.717, 1.165) is 12.1 Å². The minimum absolute atomic E-state index is 0.148. The highest BCUT2D eigenvalue weighted by atomic mass is 19.4. The number of aromatic hydroxyl groups is 1. The number of carbonyl (C=O) groups is 2. The van der Waals surface area contributed by atoms with Crippen LogP contribution in [0.5, 0.6) is 11.5 Å². The van der Waals surface area contributed by atoms with Crippen LogP contribution in [0.15, 0.2) is 18.2 Å². The third-order valence-corrected chi connectivity index (χ3v) is 2.72. The lowest BCUT2D eigenvalue weighted by Crippen LogP contribution is -2.44. The minimum Gasteiger partial charge on any atom is -0.504 e. The average molecular weight is 365 g/mol. The Morgan fingerprint density at radius 1 is 1.24 bits per heavy atom. The second kappa shape index (κ2) is 7.49. The quantitative estimate of drug-likeness (QED) is 0.741. The monoisotopic (exact) mass is 365 g/mol. The van der Waals surface area contributed by atoms with Crippen molar-refractivity contribution in [2.75, 3.05) is 0 Å². The topological polar surface area (TPSA) is 105 Å². The Morgan fingerprint density at radius 2 is 1.84 bits per heavy atom. The van der Waals surface area contributed by atoms with Crippen LogP contribution in [-0.4, -0.2) is 40.3 Å². The van der Waals surface area contributed by atoms with Crippen molar-refractivity contribution >= 4 is 12.1 Å². The lowest BCUT2D eigenvalue weighted by atomic mass is 10.0. The predicted molar refractivity (Wildman–Crippen MR) is 79.3 cm³/mol. The fourth-order valence-corrected chi connectivity index (χ4v) is 1.81. The molecule has 140 valence electrons. The van der Waals surface area contributed by atoms with E-state index in [-0.39, 0.29) is 5.56 Å². The first kappa shape index (κ1) is 20.4. The zero-order chi connectivity index (χ0) is 19.4. The number of hydrogen-bond acceptors (Lipinski definition) is 5. The van der Waals surface area contributed by atoms with Gasteiger partial charge in [-0.3, -0.25) is 0 Å². The van der Waals surface area contributed by atoms with Crippen LogP contribution in [0, 0.1) is 0 Å². The van der Waals surface area contributed by atoms with E-state index in [1.54, 1.807) is 20.8 Å². The first-order chi connectivity index (χ1) is 11.3. The number of carboxylic acids is 1. The Bertz CT molecular complexity index is 639. The summed E-state index contributed by atoms with van der Waals surface area (Å²) in [6, 6.07) is 1.72. The summed E-state index contributed by atoms with van der Waals surface area (Å²) < 4.78 is 45.4. The fourth-order valence-electron chi connectivity index (χ4n) is 1.81. The SMILES string of the molecule is CC(C)(C)OC(=O)NC(Cc1cccc(OC(F)(F)F)c1O)C(=O)O. The van der Waals surface area contributed by atoms with Gasteiger partial charge in [-0.1, -0.05) is 12.1 Å². The van der Waals surface area contributed by atoms with Gasteiger partial charge in [0, 0.05) is 12.0 Å². The first-order valence-electron chi connectivity index (χ1n) is 7.07. The Balaban J connectivity index is 2.94. The van der Waals surface area contributed by atoms with Crippen LogP contribution in [0.4, 0.5) is 18.0 Å². The standard InChI is InChI=1S/C15H18F3NO6/c1-14(2,3)25-13(23)19-9(12(21)22)7-8-5-4-6-10(11(8)20)24-15(16,17)18/h4-6,9,20H,7H2,1-3H3,(H,19,23)(H,21,22). The highest BCUT2D eigenvalue weighted by Gasteiger charge is 2.33. The highest BCUT2D eigenvalue weighted by molar-refractivity contribution is 5.80. The zero-order valence-corrected chi connectivity index (χ0v) is 13.7. The van der Waals surface area contributed by atoms with E-state index >= 15 is 0 Å². The number of rotatable bonds is 5. The molecule has 25 heavy (non-hydrogen) atoms. The maximum absolute atomic E-state index is 12.3. The molecule has 10 heteroatoms. The molecule has 1 aromatic rings. The molecule has 0 aromatic heterocycles. The van der Waals surface area contributed by atoms with Gasteiger partial charge < -0.3 is 25.0 Å². The molecule has 0 spiro atoms. The van der Waals surface area contributed by atoms with Gasteiger partial charge in [0.25, 0.3) is 0 Å². The second-order valence-corrected chi connectivity index (χ2v) is 6.05. The van der Waals surface area contributed by atoms with E-state index in [1.807, 2.05) is 0 Å². The molecule has 1 unspecified atom stereocenters. The van der Waals surface area contributed by atoms with Crippen LogP contribution in [0.2, 0.25) is 0 Å². The van der Waals surface area contributed by atoms with Crippen LogP contribution in [-0.2, 0) is 16.0 Å². The number of para-hydroxylation sites is 1. The molecule has 0 fully saturated rings. The van der Waals surface area contributed by atoms with Crippen LogP contribution in [0.1, 0.15) is 26.3 Å². The normalized spacial score (nSPS) is 13.0. The lowest BCUT2D eigenvalue weighted by Gasteiger charge is -2.22. The molecule has 1 aromatic carbocycles. The number of nitrogens with one attached hydrogen (secondary N) is 1. The number of alkyl carbamates (subject to hydrolysis) is 1. The van der Waals surface area contributed by atoms with E-state index < -0.39 is 48.0 Å². The van der Waals surface area contributed by atoms with E-state index in [2.05, 4.69) is 10.1 Å². The number of phenolic OH excluding ortho intramolecular Hbond substituents is 1. The predicted octanol–water partition coefficient (Wildman–Crippen LogP) is 2.81. The van der Waals surface area contributed by atoms with Crippen LogP contribution < -0.4 is 10.1 Å². The van der Waals surface area contributed by atoms with Crippen molar-refractivity contribution in [1.82, 2.24) is 5.32 Å². The van der Waals surface area contributed by atoms with Crippen molar-refractivity contribution in [3.63, 3.8) is 0 Å². The van der Waals surface area contributed by atoms with Gasteiger partial charge in [-0.15, -0.1) is 13.2 Å². The minimum atomic E-state index is -5.02. The molecule has 0 heterocycles. The molecule has 0 bridgehead atoms. The maximum Gasteiger partial charge on any atom is 0.573 e. The molecule has 1 amide bonds. The van der Waals surface area contributed by atoms with E-state index in [4.69, 9.17) is 9.84 Å². The number of hydrogen-bond donors (Lipinski definition) is 3. The summed E-state index contributed by atoms with van der Waals surface area (Å²) in [4.78, 5) is 22.9. The Hall–Kier alpha value is -2.65. The van der Waals surface area contributed by atoms with Gasteiger partial charge in [0.2, 0.25) is 0 Å². The third kappa shape index (κ3) is 7.19. The molecular weight excluding hydrogens is 347 g/mol. The van der Waals surface area contributed by atoms with Gasteiger partial charge in [-0.2, -0.15) is 0 Å². The second-order valence-electron chi connectivity index (χ2n) is 6.05. The van der Waals surface area contributed by atoms with Crippen LogP contribution in [0.3, 0.4) is 0 Å². The Kier molecular flexibility index (Phi) is 6.11. The molecule has 0 radical (unpaired) electrons. The number of benzene rings is 1. The molecule has 1 atom stereocenters. The maximum atomic E-state index is 12.3. The fraction of sp³-hybridized carbons (Fsp3) is 0.467. The molecule has 3 N–H and O–H groups in total.